The van der Waals surface area contributed by atoms with Crippen LogP contribution in [-0.2, 0) is 6.54 Å². The van der Waals surface area contributed by atoms with E-state index in [9.17, 15) is 0 Å². The normalized spacial score (nSPS) is 10.5. The Hall–Kier alpha value is -1.39. The Kier molecular flexibility index (Phi) is 6.02. The van der Waals surface area contributed by atoms with Gasteiger partial charge in [-0.25, -0.2) is 4.98 Å². The van der Waals surface area contributed by atoms with Crippen LogP contribution in [0.25, 0.3) is 0 Å². The summed E-state index contributed by atoms with van der Waals surface area (Å²) in [5.41, 5.74) is 2.44. The Balaban J connectivity index is 1.63. The first-order valence-corrected chi connectivity index (χ1v) is 7.55. The highest BCUT2D eigenvalue weighted by molar-refractivity contribution is 9.10. The molecule has 4 heteroatoms. The van der Waals surface area contributed by atoms with Crippen LogP contribution in [0, 0.1) is 6.92 Å². The number of nitrogens with one attached hydrogen (secondary N) is 1. The molecule has 0 aliphatic heterocycles. The molecule has 0 unspecified atom stereocenters. The third-order valence-corrected chi connectivity index (χ3v) is 3.92. The number of benzene rings is 1. The van der Waals surface area contributed by atoms with Crippen molar-refractivity contribution in [2.75, 3.05) is 13.2 Å². The van der Waals surface area contributed by atoms with Crippen molar-refractivity contribution in [3.8, 4) is 5.88 Å². The van der Waals surface area contributed by atoms with Crippen molar-refractivity contribution >= 4 is 15.9 Å². The molecular weight excluding hydrogens is 316 g/mol. The summed E-state index contributed by atoms with van der Waals surface area (Å²) < 4.78 is 6.61. The summed E-state index contributed by atoms with van der Waals surface area (Å²) in [4.78, 5) is 4.21. The first kappa shape index (κ1) is 15.0. The maximum atomic E-state index is 5.67. The number of aryl methyl sites for hydroxylation is 1. The van der Waals surface area contributed by atoms with Crippen LogP contribution in [0.5, 0.6) is 5.88 Å². The third-order valence-electron chi connectivity index (χ3n) is 2.96. The van der Waals surface area contributed by atoms with E-state index in [4.69, 9.17) is 4.74 Å². The minimum atomic E-state index is 0.664. The average molecular weight is 335 g/mol. The van der Waals surface area contributed by atoms with Crippen LogP contribution >= 0.6 is 15.9 Å². The minimum Gasteiger partial charge on any atom is -0.477 e. The van der Waals surface area contributed by atoms with Gasteiger partial charge in [0.15, 0.2) is 0 Å². The van der Waals surface area contributed by atoms with Crippen molar-refractivity contribution in [2.45, 2.75) is 19.9 Å². The highest BCUT2D eigenvalue weighted by Crippen LogP contribution is 2.25. The number of hydrogen-bond donors (Lipinski definition) is 1. The van der Waals surface area contributed by atoms with Crippen molar-refractivity contribution in [1.29, 1.82) is 0 Å². The fourth-order valence-corrected chi connectivity index (χ4v) is 2.16. The summed E-state index contributed by atoms with van der Waals surface area (Å²) in [6, 6.07) is 12.3. The number of halogens is 1. The summed E-state index contributed by atoms with van der Waals surface area (Å²) in [5.74, 6) is 0.674. The Morgan fingerprint density at radius 2 is 2.00 bits per heavy atom. The maximum Gasteiger partial charge on any atom is 0.228 e. The summed E-state index contributed by atoms with van der Waals surface area (Å²) in [7, 11) is 0. The molecule has 0 aliphatic carbocycles. The van der Waals surface area contributed by atoms with Crippen LogP contribution in [0.3, 0.4) is 0 Å². The zero-order valence-electron chi connectivity index (χ0n) is 11.6. The van der Waals surface area contributed by atoms with Gasteiger partial charge in [-0.2, -0.15) is 0 Å². The molecule has 1 N–H and O–H groups in total. The standard InChI is InChI=1S/C16H19BrN2O/c1-13-8-10-19-16(15(13)17)20-11-5-9-18-12-14-6-3-2-4-7-14/h2-4,6-8,10,18H,5,9,11-12H2,1H3. The molecular formula is C16H19BrN2O. The van der Waals surface area contributed by atoms with E-state index in [2.05, 4.69) is 50.5 Å². The smallest absolute Gasteiger partial charge is 0.228 e. The van der Waals surface area contributed by atoms with E-state index in [1.165, 1.54) is 5.56 Å². The summed E-state index contributed by atoms with van der Waals surface area (Å²) >= 11 is 3.49. The van der Waals surface area contributed by atoms with Gasteiger partial charge in [0.05, 0.1) is 11.1 Å². The lowest BCUT2D eigenvalue weighted by Crippen LogP contribution is -2.17. The molecule has 1 heterocycles. The van der Waals surface area contributed by atoms with Crippen molar-refractivity contribution in [1.82, 2.24) is 10.3 Å². The van der Waals surface area contributed by atoms with Gasteiger partial charge in [-0.15, -0.1) is 0 Å². The van der Waals surface area contributed by atoms with Gasteiger partial charge in [0.1, 0.15) is 0 Å². The van der Waals surface area contributed by atoms with Gasteiger partial charge in [-0.05, 0) is 53.0 Å². The SMILES string of the molecule is Cc1ccnc(OCCCNCc2ccccc2)c1Br. The van der Waals surface area contributed by atoms with Gasteiger partial charge in [0.2, 0.25) is 5.88 Å². The molecule has 0 spiro atoms. The molecule has 0 atom stereocenters. The molecule has 0 aliphatic rings. The molecule has 106 valence electrons. The van der Waals surface area contributed by atoms with Gasteiger partial charge in [-0.3, -0.25) is 0 Å². The molecule has 0 radical (unpaired) electrons. The molecule has 2 rings (SSSR count). The summed E-state index contributed by atoms with van der Waals surface area (Å²) in [6.45, 7) is 4.52. The highest BCUT2D eigenvalue weighted by atomic mass is 79.9. The minimum absolute atomic E-state index is 0.664. The van der Waals surface area contributed by atoms with E-state index >= 15 is 0 Å². The fraction of sp³-hybridized carbons (Fsp3) is 0.312. The molecule has 0 bridgehead atoms. The number of rotatable bonds is 7. The van der Waals surface area contributed by atoms with Gasteiger partial charge >= 0.3 is 0 Å². The quantitative estimate of drug-likeness (QED) is 0.783. The Morgan fingerprint density at radius 3 is 2.80 bits per heavy atom. The molecule has 0 saturated heterocycles. The number of hydrogen-bond acceptors (Lipinski definition) is 3. The topological polar surface area (TPSA) is 34.1 Å². The van der Waals surface area contributed by atoms with E-state index in [0.717, 1.165) is 29.5 Å². The van der Waals surface area contributed by atoms with Gasteiger partial charge in [-0.1, -0.05) is 30.3 Å². The lowest BCUT2D eigenvalue weighted by Gasteiger charge is -2.09. The van der Waals surface area contributed by atoms with Crippen molar-refractivity contribution in [3.05, 3.63) is 58.2 Å². The molecule has 0 amide bonds. The van der Waals surface area contributed by atoms with Gasteiger partial charge < -0.3 is 10.1 Å². The van der Waals surface area contributed by atoms with E-state index in [1.807, 2.05) is 19.1 Å². The lowest BCUT2D eigenvalue weighted by molar-refractivity contribution is 0.294. The third kappa shape index (κ3) is 4.62. The lowest BCUT2D eigenvalue weighted by atomic mass is 10.2. The largest absolute Gasteiger partial charge is 0.477 e. The highest BCUT2D eigenvalue weighted by Gasteiger charge is 2.04. The van der Waals surface area contributed by atoms with E-state index in [1.54, 1.807) is 6.20 Å². The molecule has 3 nitrogen and oxygen atoms in total. The predicted molar refractivity (Wildman–Crippen MR) is 84.9 cm³/mol. The van der Waals surface area contributed by atoms with Crippen LogP contribution in [0.1, 0.15) is 17.5 Å². The van der Waals surface area contributed by atoms with Gasteiger partial charge in [0, 0.05) is 12.7 Å². The second-order valence-corrected chi connectivity index (χ2v) is 5.40. The predicted octanol–water partition coefficient (Wildman–Crippen LogP) is 3.71. The zero-order chi connectivity index (χ0) is 14.2. The van der Waals surface area contributed by atoms with Gasteiger partial charge in [0.25, 0.3) is 0 Å². The van der Waals surface area contributed by atoms with Crippen molar-refractivity contribution in [3.63, 3.8) is 0 Å². The molecule has 0 fully saturated rings. The van der Waals surface area contributed by atoms with Crippen molar-refractivity contribution in [2.24, 2.45) is 0 Å². The summed E-state index contributed by atoms with van der Waals surface area (Å²) in [5, 5.41) is 3.40. The first-order valence-electron chi connectivity index (χ1n) is 6.76. The Labute approximate surface area is 128 Å². The van der Waals surface area contributed by atoms with E-state index < -0.39 is 0 Å². The second kappa shape index (κ2) is 8.02. The fourth-order valence-electron chi connectivity index (χ4n) is 1.81. The average Bonchev–Trinajstić information content (AvgIpc) is 2.48. The van der Waals surface area contributed by atoms with E-state index in [0.29, 0.717) is 12.5 Å². The zero-order valence-corrected chi connectivity index (χ0v) is 13.2. The number of aromatic nitrogens is 1. The second-order valence-electron chi connectivity index (χ2n) is 4.61. The van der Waals surface area contributed by atoms with E-state index in [-0.39, 0.29) is 0 Å². The number of pyridine rings is 1. The molecule has 0 saturated carbocycles. The van der Waals surface area contributed by atoms with Crippen LogP contribution in [0.2, 0.25) is 0 Å². The molecule has 2 aromatic rings. The number of nitrogens with zero attached hydrogens (tertiary/aromatic N) is 1. The monoisotopic (exact) mass is 334 g/mol. The number of ether oxygens (including phenoxy) is 1. The molecule has 20 heavy (non-hydrogen) atoms. The van der Waals surface area contributed by atoms with Crippen LogP contribution in [-0.4, -0.2) is 18.1 Å². The van der Waals surface area contributed by atoms with Crippen LogP contribution < -0.4 is 10.1 Å². The molecule has 1 aromatic carbocycles. The van der Waals surface area contributed by atoms with Crippen LogP contribution in [0.4, 0.5) is 0 Å². The summed E-state index contributed by atoms with van der Waals surface area (Å²) in [6.07, 6.45) is 2.72. The van der Waals surface area contributed by atoms with Crippen molar-refractivity contribution < 1.29 is 4.74 Å². The van der Waals surface area contributed by atoms with Crippen LogP contribution in [0.15, 0.2) is 47.1 Å². The molecule has 1 aromatic heterocycles. The first-order chi connectivity index (χ1) is 9.77. The maximum absolute atomic E-state index is 5.67. The Bertz CT molecular complexity index is 531. The Morgan fingerprint density at radius 1 is 1.20 bits per heavy atom.